The van der Waals surface area contributed by atoms with Crippen molar-refractivity contribution in [2.45, 2.75) is 83.2 Å². The Morgan fingerprint density at radius 3 is 1.72 bits per heavy atom. The van der Waals surface area contributed by atoms with Gasteiger partial charge in [-0.15, -0.1) is 0 Å². The second kappa shape index (κ2) is 17.6. The molecule has 1 N–H and O–H groups in total. The van der Waals surface area contributed by atoms with Crippen LogP contribution in [0.4, 0.5) is 0 Å². The number of likely N-dealkylation sites (N-methyl/N-ethyl adjacent to an activating group) is 1. The molecule has 0 aliphatic rings. The highest BCUT2D eigenvalue weighted by molar-refractivity contribution is 5.90. The van der Waals surface area contributed by atoms with E-state index < -0.39 is 23.8 Å². The molecule has 0 amide bonds. The van der Waals surface area contributed by atoms with Crippen molar-refractivity contribution in [3.63, 3.8) is 0 Å². The average molecular weight is 448 g/mol. The Hall–Kier alpha value is -1.98. The molecule has 1 unspecified atom stereocenters. The van der Waals surface area contributed by atoms with Crippen LogP contribution in [0.1, 0.15) is 77.6 Å². The van der Waals surface area contributed by atoms with Gasteiger partial charge in [0.15, 0.2) is 11.4 Å². The van der Waals surface area contributed by atoms with Crippen LogP contribution in [0, 0.1) is 0 Å². The zero-order valence-corrected chi connectivity index (χ0v) is 20.7. The van der Waals surface area contributed by atoms with Crippen molar-refractivity contribution in [1.29, 1.82) is 0 Å². The maximum Gasteiger partial charge on any atom is 0.177 e. The summed E-state index contributed by atoms with van der Waals surface area (Å²) in [6.45, 7) is 2.27. The van der Waals surface area contributed by atoms with Crippen LogP contribution in [0.15, 0.2) is 48.6 Å². The van der Waals surface area contributed by atoms with Gasteiger partial charge < -0.3 is 19.5 Å². The Morgan fingerprint density at radius 1 is 0.812 bits per heavy atom. The minimum atomic E-state index is -1.87. The third kappa shape index (κ3) is 17.7. The van der Waals surface area contributed by atoms with E-state index in [-0.39, 0.29) is 13.0 Å². The first-order chi connectivity index (χ1) is 15.1. The number of aliphatic carboxylic acids is 1. The fraction of sp³-hybridized carbons (Fsp3) is 0.630. The third-order valence-corrected chi connectivity index (χ3v) is 4.92. The predicted octanol–water partition coefficient (Wildman–Crippen LogP) is 4.28. The normalized spacial score (nSPS) is 14.8. The lowest BCUT2D eigenvalue weighted by Crippen LogP contribution is -2.56. The highest BCUT2D eigenvalue weighted by atomic mass is 16.4. The van der Waals surface area contributed by atoms with E-state index in [0.717, 1.165) is 25.7 Å². The van der Waals surface area contributed by atoms with E-state index in [1.165, 1.54) is 25.7 Å². The fourth-order valence-electron chi connectivity index (χ4n) is 3.44. The minimum Gasteiger partial charge on any atom is -0.550 e. The molecule has 0 rings (SSSR count). The van der Waals surface area contributed by atoms with Crippen LogP contribution < -0.4 is 5.11 Å². The number of aliphatic hydroxyl groups is 1. The molecule has 0 aromatic carbocycles. The van der Waals surface area contributed by atoms with E-state index >= 15 is 0 Å². The second-order valence-corrected chi connectivity index (χ2v) is 9.43. The summed E-state index contributed by atoms with van der Waals surface area (Å²) in [5.74, 6) is -1.83. The van der Waals surface area contributed by atoms with Gasteiger partial charge in [0.2, 0.25) is 0 Å². The van der Waals surface area contributed by atoms with Crippen molar-refractivity contribution in [3.8, 4) is 0 Å². The van der Waals surface area contributed by atoms with Gasteiger partial charge in [-0.3, -0.25) is 4.79 Å². The summed E-state index contributed by atoms with van der Waals surface area (Å²) in [6, 6.07) is 0. The molecule has 0 aromatic heterocycles. The largest absolute Gasteiger partial charge is 0.550 e. The summed E-state index contributed by atoms with van der Waals surface area (Å²) in [5.41, 5.74) is -1.87. The molecule has 0 radical (unpaired) electrons. The van der Waals surface area contributed by atoms with Crippen LogP contribution in [0.5, 0.6) is 0 Å². The smallest absolute Gasteiger partial charge is 0.177 e. The molecule has 0 aliphatic carbocycles. The van der Waals surface area contributed by atoms with Crippen LogP contribution in [-0.4, -0.2) is 54.6 Å². The van der Waals surface area contributed by atoms with Crippen molar-refractivity contribution in [3.05, 3.63) is 48.6 Å². The molecule has 0 spiro atoms. The lowest BCUT2D eigenvalue weighted by atomic mass is 9.90. The third-order valence-electron chi connectivity index (χ3n) is 4.92. The van der Waals surface area contributed by atoms with E-state index in [2.05, 4.69) is 49.5 Å². The van der Waals surface area contributed by atoms with Gasteiger partial charge in [0.25, 0.3) is 0 Å². The molecule has 5 heteroatoms. The zero-order chi connectivity index (χ0) is 24.3. The van der Waals surface area contributed by atoms with Crippen LogP contribution in [0.2, 0.25) is 0 Å². The maximum atomic E-state index is 12.4. The average Bonchev–Trinajstić information content (AvgIpc) is 2.68. The summed E-state index contributed by atoms with van der Waals surface area (Å²) < 4.78 is 0.298. The number of carbonyl (C=O) groups is 2. The minimum absolute atomic E-state index is 0.0458. The first kappa shape index (κ1) is 30.0. The Bertz CT molecular complexity index is 641. The highest BCUT2D eigenvalue weighted by Crippen LogP contribution is 2.19. The highest BCUT2D eigenvalue weighted by Gasteiger charge is 2.40. The van der Waals surface area contributed by atoms with Crippen molar-refractivity contribution in [2.24, 2.45) is 0 Å². The molecule has 5 nitrogen and oxygen atoms in total. The molecule has 182 valence electrons. The van der Waals surface area contributed by atoms with E-state index in [9.17, 15) is 19.8 Å². The number of quaternary nitrogens is 1. The number of unbranched alkanes of at least 4 members (excludes halogenated alkanes) is 4. The van der Waals surface area contributed by atoms with Crippen LogP contribution in [0.25, 0.3) is 0 Å². The van der Waals surface area contributed by atoms with Gasteiger partial charge in [0.1, 0.15) is 6.54 Å². The second-order valence-electron chi connectivity index (χ2n) is 9.43. The molecule has 0 saturated heterocycles. The monoisotopic (exact) mass is 447 g/mol. The summed E-state index contributed by atoms with van der Waals surface area (Å²) in [5, 5.41) is 21.6. The molecule has 32 heavy (non-hydrogen) atoms. The topological polar surface area (TPSA) is 77.4 Å². The Balaban J connectivity index is 4.05. The number of nitrogens with zero attached hydrogens (tertiary/aromatic N) is 1. The lowest BCUT2D eigenvalue weighted by Gasteiger charge is -2.34. The summed E-state index contributed by atoms with van der Waals surface area (Å²) in [7, 11) is 5.44. The maximum absolute atomic E-state index is 12.4. The fourth-order valence-corrected chi connectivity index (χ4v) is 3.44. The first-order valence-corrected chi connectivity index (χ1v) is 12.0. The number of Topliss-reactive ketones (excluding diaryl/α,β-unsaturated/α-hetero) is 1. The van der Waals surface area contributed by atoms with Gasteiger partial charge in [-0.05, 0) is 44.9 Å². The number of carbonyl (C=O) groups excluding carboxylic acids is 2. The quantitative estimate of drug-likeness (QED) is 0.182. The molecule has 0 bridgehead atoms. The Labute approximate surface area is 195 Å². The molecule has 0 heterocycles. The van der Waals surface area contributed by atoms with Crippen LogP contribution in [0.3, 0.4) is 0 Å². The number of ketones is 1. The molecule has 1 atom stereocenters. The van der Waals surface area contributed by atoms with E-state index in [1.807, 2.05) is 27.2 Å². The van der Waals surface area contributed by atoms with Gasteiger partial charge in [0.05, 0.1) is 21.1 Å². The van der Waals surface area contributed by atoms with Gasteiger partial charge in [0, 0.05) is 18.8 Å². The van der Waals surface area contributed by atoms with Gasteiger partial charge in [-0.2, -0.15) is 0 Å². The number of carboxylic acids is 1. The predicted molar refractivity (Wildman–Crippen MR) is 131 cm³/mol. The Morgan fingerprint density at radius 2 is 1.28 bits per heavy atom. The molecule has 0 aromatic rings. The number of carboxylic acid groups (broad SMARTS) is 1. The van der Waals surface area contributed by atoms with E-state index in [4.69, 9.17) is 0 Å². The van der Waals surface area contributed by atoms with Crippen molar-refractivity contribution in [2.75, 3.05) is 27.7 Å². The first-order valence-electron chi connectivity index (χ1n) is 12.0. The molecule has 0 fully saturated rings. The standard InChI is InChI=1S/C27H45NO4/c1-5-6-7-8-9-10-11-12-13-14-15-16-17-18-19-20-21-22-25(29)27(32,23-26(30)31)24-28(2,3)4/h9-10,12-13,15-16,18-19,32H,5-8,11,14,17,20-24H2,1-4H3/b10-9-,13-12-,16-15-,19-18-. The molecular weight excluding hydrogens is 402 g/mol. The SMILES string of the molecule is CCCCC/C=C\C/C=C\C/C=C\C/C=C\CCCC(=O)C(O)(CC(=O)[O-])C[N+](C)(C)C. The van der Waals surface area contributed by atoms with E-state index in [1.54, 1.807) is 0 Å². The molecular formula is C27H45NO4. The lowest BCUT2D eigenvalue weighted by molar-refractivity contribution is -0.875. The van der Waals surface area contributed by atoms with Gasteiger partial charge in [-0.25, -0.2) is 0 Å². The van der Waals surface area contributed by atoms with Crippen LogP contribution in [-0.2, 0) is 9.59 Å². The van der Waals surface area contributed by atoms with Gasteiger partial charge in [-0.1, -0.05) is 68.4 Å². The zero-order valence-electron chi connectivity index (χ0n) is 20.7. The van der Waals surface area contributed by atoms with E-state index in [0.29, 0.717) is 10.9 Å². The number of hydrogen-bond acceptors (Lipinski definition) is 4. The number of allylic oxidation sites excluding steroid dienone is 8. The number of rotatable bonds is 19. The van der Waals surface area contributed by atoms with Crippen molar-refractivity contribution in [1.82, 2.24) is 0 Å². The summed E-state index contributed by atoms with van der Waals surface area (Å²) in [4.78, 5) is 23.4. The molecule has 0 aliphatic heterocycles. The van der Waals surface area contributed by atoms with Crippen molar-refractivity contribution >= 4 is 11.8 Å². The van der Waals surface area contributed by atoms with Crippen LogP contribution >= 0.6 is 0 Å². The van der Waals surface area contributed by atoms with Crippen molar-refractivity contribution < 1.29 is 24.3 Å². The Kier molecular flexibility index (Phi) is 16.5. The summed E-state index contributed by atoms with van der Waals surface area (Å²) in [6.07, 6.45) is 25.8. The number of hydrogen-bond donors (Lipinski definition) is 1. The van der Waals surface area contributed by atoms with Gasteiger partial charge >= 0.3 is 0 Å². The summed E-state index contributed by atoms with van der Waals surface area (Å²) >= 11 is 0. The molecule has 0 saturated carbocycles.